The fourth-order valence-corrected chi connectivity index (χ4v) is 2.13. The minimum Gasteiger partial charge on any atom is -0.399 e. The standard InChI is InChI=1S/C16H14FN3/c17-16-8-14(18)6-7-15(16)13-9-19-20(11-13)10-12-4-2-1-3-5-12/h1-9,11H,10,18H2. The molecule has 0 radical (unpaired) electrons. The Morgan fingerprint density at radius 3 is 2.65 bits per heavy atom. The third-order valence-corrected chi connectivity index (χ3v) is 3.12. The van der Waals surface area contributed by atoms with E-state index < -0.39 is 0 Å². The minimum atomic E-state index is -0.329. The maximum absolute atomic E-state index is 13.9. The summed E-state index contributed by atoms with van der Waals surface area (Å²) in [6.07, 6.45) is 3.50. The Hall–Kier alpha value is -2.62. The van der Waals surface area contributed by atoms with Crippen LogP contribution in [0.1, 0.15) is 5.56 Å². The van der Waals surface area contributed by atoms with Crippen LogP contribution in [0.5, 0.6) is 0 Å². The van der Waals surface area contributed by atoms with E-state index in [-0.39, 0.29) is 5.82 Å². The van der Waals surface area contributed by atoms with Crippen LogP contribution in [0, 0.1) is 5.82 Å². The number of benzene rings is 2. The van der Waals surface area contributed by atoms with Gasteiger partial charge >= 0.3 is 0 Å². The van der Waals surface area contributed by atoms with Gasteiger partial charge in [0, 0.05) is 23.0 Å². The molecule has 0 amide bonds. The van der Waals surface area contributed by atoms with Crippen LogP contribution < -0.4 is 5.73 Å². The Morgan fingerprint density at radius 2 is 1.90 bits per heavy atom. The molecule has 1 heterocycles. The molecule has 2 N–H and O–H groups in total. The lowest BCUT2D eigenvalue weighted by molar-refractivity contribution is 0.632. The van der Waals surface area contributed by atoms with Gasteiger partial charge in [-0.3, -0.25) is 4.68 Å². The lowest BCUT2D eigenvalue weighted by Gasteiger charge is -2.02. The molecule has 0 bridgehead atoms. The Balaban J connectivity index is 1.87. The van der Waals surface area contributed by atoms with Gasteiger partial charge in [-0.25, -0.2) is 4.39 Å². The van der Waals surface area contributed by atoms with Crippen LogP contribution in [-0.2, 0) is 6.54 Å². The normalized spacial score (nSPS) is 10.7. The zero-order chi connectivity index (χ0) is 13.9. The topological polar surface area (TPSA) is 43.8 Å². The highest BCUT2D eigenvalue weighted by Gasteiger charge is 2.08. The van der Waals surface area contributed by atoms with Gasteiger partial charge < -0.3 is 5.73 Å². The average molecular weight is 267 g/mol. The third kappa shape index (κ3) is 2.54. The molecule has 1 aromatic heterocycles. The van der Waals surface area contributed by atoms with Gasteiger partial charge in [-0.1, -0.05) is 30.3 Å². The SMILES string of the molecule is Nc1ccc(-c2cnn(Cc3ccccc3)c2)c(F)c1. The van der Waals surface area contributed by atoms with Crippen LogP contribution in [0.25, 0.3) is 11.1 Å². The number of halogens is 1. The first-order valence-corrected chi connectivity index (χ1v) is 6.34. The fraction of sp³-hybridized carbons (Fsp3) is 0.0625. The van der Waals surface area contributed by atoms with Crippen LogP contribution in [0.3, 0.4) is 0 Å². The Morgan fingerprint density at radius 1 is 1.10 bits per heavy atom. The van der Waals surface area contributed by atoms with Crippen molar-refractivity contribution in [2.24, 2.45) is 0 Å². The summed E-state index contributed by atoms with van der Waals surface area (Å²) < 4.78 is 15.6. The molecule has 0 saturated heterocycles. The molecular weight excluding hydrogens is 253 g/mol. The highest BCUT2D eigenvalue weighted by atomic mass is 19.1. The van der Waals surface area contributed by atoms with Crippen LogP contribution in [0.4, 0.5) is 10.1 Å². The molecule has 0 spiro atoms. The monoisotopic (exact) mass is 267 g/mol. The fourth-order valence-electron chi connectivity index (χ4n) is 2.13. The van der Waals surface area contributed by atoms with E-state index >= 15 is 0 Å². The molecule has 0 aliphatic rings. The van der Waals surface area contributed by atoms with Gasteiger partial charge in [-0.2, -0.15) is 5.10 Å². The molecule has 4 heteroatoms. The van der Waals surface area contributed by atoms with Crippen molar-refractivity contribution in [2.75, 3.05) is 5.73 Å². The summed E-state index contributed by atoms with van der Waals surface area (Å²) in [5.74, 6) is -0.329. The summed E-state index contributed by atoms with van der Waals surface area (Å²) in [6.45, 7) is 0.664. The molecule has 0 unspecified atom stereocenters. The number of rotatable bonds is 3. The van der Waals surface area contributed by atoms with Crippen molar-refractivity contribution in [3.05, 3.63) is 72.3 Å². The Bertz CT molecular complexity index is 720. The van der Waals surface area contributed by atoms with Gasteiger partial charge in [0.1, 0.15) is 5.82 Å². The molecule has 0 aliphatic heterocycles. The second-order valence-electron chi connectivity index (χ2n) is 4.65. The summed E-state index contributed by atoms with van der Waals surface area (Å²) in [4.78, 5) is 0. The molecule has 0 saturated carbocycles. The van der Waals surface area contributed by atoms with Crippen molar-refractivity contribution in [1.82, 2.24) is 9.78 Å². The van der Waals surface area contributed by atoms with Gasteiger partial charge in [0.05, 0.1) is 12.7 Å². The number of aromatic nitrogens is 2. The van der Waals surface area contributed by atoms with E-state index in [1.165, 1.54) is 6.07 Å². The van der Waals surface area contributed by atoms with E-state index in [1.54, 1.807) is 23.0 Å². The molecule has 100 valence electrons. The van der Waals surface area contributed by atoms with Crippen LogP contribution in [0.2, 0.25) is 0 Å². The number of hydrogen-bond acceptors (Lipinski definition) is 2. The zero-order valence-corrected chi connectivity index (χ0v) is 10.8. The maximum Gasteiger partial charge on any atom is 0.133 e. The van der Waals surface area contributed by atoms with Crippen molar-refractivity contribution in [1.29, 1.82) is 0 Å². The molecule has 0 aliphatic carbocycles. The summed E-state index contributed by atoms with van der Waals surface area (Å²) in [6, 6.07) is 14.7. The average Bonchev–Trinajstić information content (AvgIpc) is 2.88. The summed E-state index contributed by atoms with van der Waals surface area (Å²) in [7, 11) is 0. The molecule has 0 fully saturated rings. The van der Waals surface area contributed by atoms with Crippen molar-refractivity contribution in [2.45, 2.75) is 6.54 Å². The Labute approximate surface area is 116 Å². The molecule has 3 nitrogen and oxygen atoms in total. The number of hydrogen-bond donors (Lipinski definition) is 1. The van der Waals surface area contributed by atoms with E-state index in [0.29, 0.717) is 17.8 Å². The van der Waals surface area contributed by atoms with E-state index in [4.69, 9.17) is 5.73 Å². The smallest absolute Gasteiger partial charge is 0.133 e. The first-order valence-electron chi connectivity index (χ1n) is 6.34. The van der Waals surface area contributed by atoms with E-state index in [2.05, 4.69) is 5.10 Å². The van der Waals surface area contributed by atoms with Gasteiger partial charge in [0.2, 0.25) is 0 Å². The lowest BCUT2D eigenvalue weighted by atomic mass is 10.1. The number of nitrogens with two attached hydrogens (primary N) is 1. The zero-order valence-electron chi connectivity index (χ0n) is 10.8. The van der Waals surface area contributed by atoms with Crippen molar-refractivity contribution < 1.29 is 4.39 Å². The predicted octanol–water partition coefficient (Wildman–Crippen LogP) is 3.32. The molecule has 3 rings (SSSR count). The predicted molar refractivity (Wildman–Crippen MR) is 77.6 cm³/mol. The number of nitrogen functional groups attached to an aromatic ring is 1. The molecule has 20 heavy (non-hydrogen) atoms. The van der Waals surface area contributed by atoms with Crippen molar-refractivity contribution >= 4 is 5.69 Å². The largest absolute Gasteiger partial charge is 0.399 e. The van der Waals surface area contributed by atoms with Gasteiger partial charge in [0.25, 0.3) is 0 Å². The first kappa shape index (κ1) is 12.4. The van der Waals surface area contributed by atoms with Gasteiger partial charge in [-0.15, -0.1) is 0 Å². The van der Waals surface area contributed by atoms with E-state index in [0.717, 1.165) is 11.1 Å². The molecule has 3 aromatic rings. The molecule has 2 aromatic carbocycles. The minimum absolute atomic E-state index is 0.329. The van der Waals surface area contributed by atoms with E-state index in [1.807, 2.05) is 36.5 Å². The van der Waals surface area contributed by atoms with Crippen molar-refractivity contribution in [3.63, 3.8) is 0 Å². The van der Waals surface area contributed by atoms with Gasteiger partial charge in [-0.05, 0) is 23.8 Å². The van der Waals surface area contributed by atoms with Gasteiger partial charge in [0.15, 0.2) is 0 Å². The van der Waals surface area contributed by atoms with Crippen LogP contribution in [-0.4, -0.2) is 9.78 Å². The Kier molecular flexibility index (Phi) is 3.21. The van der Waals surface area contributed by atoms with Crippen LogP contribution in [0.15, 0.2) is 60.9 Å². The quantitative estimate of drug-likeness (QED) is 0.740. The van der Waals surface area contributed by atoms with Crippen molar-refractivity contribution in [3.8, 4) is 11.1 Å². The first-order chi connectivity index (χ1) is 9.72. The number of anilines is 1. The highest BCUT2D eigenvalue weighted by Crippen LogP contribution is 2.24. The van der Waals surface area contributed by atoms with Crippen LogP contribution >= 0.6 is 0 Å². The molecule has 0 atom stereocenters. The number of nitrogens with zero attached hydrogens (tertiary/aromatic N) is 2. The van der Waals surface area contributed by atoms with E-state index in [9.17, 15) is 4.39 Å². The lowest BCUT2D eigenvalue weighted by Crippen LogP contribution is -1.99. The molecular formula is C16H14FN3. The summed E-state index contributed by atoms with van der Waals surface area (Å²) in [5, 5.41) is 4.27. The summed E-state index contributed by atoms with van der Waals surface area (Å²) >= 11 is 0. The summed E-state index contributed by atoms with van der Waals surface area (Å²) in [5.41, 5.74) is 8.39. The second-order valence-corrected chi connectivity index (χ2v) is 4.65. The second kappa shape index (κ2) is 5.17. The third-order valence-electron chi connectivity index (χ3n) is 3.12. The highest BCUT2D eigenvalue weighted by molar-refractivity contribution is 5.65. The maximum atomic E-state index is 13.9.